The molecule has 0 bridgehead atoms. The van der Waals surface area contributed by atoms with E-state index >= 15 is 0 Å². The van der Waals surface area contributed by atoms with Gasteiger partial charge in [-0.15, -0.1) is 0 Å². The second kappa shape index (κ2) is 9.84. The quantitative estimate of drug-likeness (QED) is 0.473. The van der Waals surface area contributed by atoms with Crippen molar-refractivity contribution in [3.63, 3.8) is 0 Å². The van der Waals surface area contributed by atoms with Crippen LogP contribution in [-0.4, -0.2) is 60.6 Å². The number of hydrogen-bond donors (Lipinski definition) is 3. The first kappa shape index (κ1) is 22.0. The number of aliphatic hydroxyl groups excluding tert-OH is 1. The van der Waals surface area contributed by atoms with Crippen LogP contribution in [0.1, 0.15) is 13.8 Å². The van der Waals surface area contributed by atoms with Gasteiger partial charge in [-0.25, -0.2) is 9.97 Å². The minimum atomic E-state index is -0.609. The molecule has 0 aliphatic heterocycles. The van der Waals surface area contributed by atoms with E-state index in [0.717, 1.165) is 28.0 Å². The molecule has 0 aliphatic rings. The highest BCUT2D eigenvalue weighted by atomic mass is 16.5. The Kier molecular flexibility index (Phi) is 7.20. The summed E-state index contributed by atoms with van der Waals surface area (Å²) in [5.41, 5.74) is 2.44. The van der Waals surface area contributed by atoms with Gasteiger partial charge in [-0.05, 0) is 50.2 Å². The number of rotatable bonds is 10. The van der Waals surface area contributed by atoms with Gasteiger partial charge in [0.15, 0.2) is 0 Å². The molecule has 160 valence electrons. The number of benzene rings is 1. The second-order valence-electron chi connectivity index (χ2n) is 7.79. The molecule has 3 N–H and O–H groups in total. The summed E-state index contributed by atoms with van der Waals surface area (Å²) < 4.78 is 11.1. The normalized spacial score (nSPS) is 12.7. The Morgan fingerprint density at radius 3 is 2.67 bits per heavy atom. The van der Waals surface area contributed by atoms with E-state index in [2.05, 4.69) is 15.6 Å². The lowest BCUT2D eigenvalue weighted by Gasteiger charge is -2.24. The summed E-state index contributed by atoms with van der Waals surface area (Å²) in [6.45, 7) is 5.28. The Bertz CT molecular complexity index is 960. The highest BCUT2D eigenvalue weighted by molar-refractivity contribution is 5.82. The van der Waals surface area contributed by atoms with Crippen LogP contribution in [0.2, 0.25) is 0 Å². The van der Waals surface area contributed by atoms with Crippen LogP contribution in [0.4, 0.5) is 5.82 Å². The van der Waals surface area contributed by atoms with Gasteiger partial charge in [0.05, 0.1) is 16.8 Å². The van der Waals surface area contributed by atoms with Crippen molar-refractivity contribution in [3.05, 3.63) is 48.7 Å². The average Bonchev–Trinajstić information content (AvgIpc) is 2.77. The third-order valence-electron chi connectivity index (χ3n) is 4.90. The minimum absolute atomic E-state index is 0.209. The molecule has 0 saturated heterocycles. The molecule has 0 fully saturated rings. The molecule has 0 spiro atoms. The van der Waals surface area contributed by atoms with Crippen molar-refractivity contribution in [2.45, 2.75) is 25.6 Å². The van der Waals surface area contributed by atoms with Gasteiger partial charge < -0.3 is 25.2 Å². The zero-order valence-electron chi connectivity index (χ0n) is 18.0. The first-order chi connectivity index (χ1) is 14.4. The minimum Gasteiger partial charge on any atom is -0.491 e. The van der Waals surface area contributed by atoms with E-state index in [0.29, 0.717) is 18.8 Å². The molecule has 3 aromatic rings. The van der Waals surface area contributed by atoms with Crippen LogP contribution in [0.15, 0.2) is 48.7 Å². The second-order valence-corrected chi connectivity index (χ2v) is 7.79. The van der Waals surface area contributed by atoms with Gasteiger partial charge in [0, 0.05) is 44.4 Å². The van der Waals surface area contributed by atoms with E-state index in [9.17, 15) is 5.11 Å². The number of nitrogens with zero attached hydrogens (tertiary/aromatic N) is 2. The van der Waals surface area contributed by atoms with Crippen molar-refractivity contribution in [2.75, 3.05) is 39.2 Å². The van der Waals surface area contributed by atoms with Gasteiger partial charge in [0.25, 0.3) is 0 Å². The summed E-state index contributed by atoms with van der Waals surface area (Å²) in [6, 6.07) is 13.6. The van der Waals surface area contributed by atoms with Crippen LogP contribution in [-0.2, 0) is 4.74 Å². The fourth-order valence-electron chi connectivity index (χ4n) is 2.91. The summed E-state index contributed by atoms with van der Waals surface area (Å²) in [5.74, 6) is 1.52. The lowest BCUT2D eigenvalue weighted by atomic mass is 10.1. The fourth-order valence-corrected chi connectivity index (χ4v) is 2.91. The van der Waals surface area contributed by atoms with Gasteiger partial charge in [-0.1, -0.05) is 6.07 Å². The molecule has 0 amide bonds. The van der Waals surface area contributed by atoms with E-state index in [4.69, 9.17) is 14.5 Å². The maximum absolute atomic E-state index is 10.1. The lowest BCUT2D eigenvalue weighted by molar-refractivity contribution is 0.0191. The molecule has 0 aliphatic carbocycles. The summed E-state index contributed by atoms with van der Waals surface area (Å²) in [4.78, 5) is 9.06. The molecule has 7 heteroatoms. The molecule has 0 radical (unpaired) electrons. The maximum Gasteiger partial charge on any atom is 0.125 e. The molecule has 30 heavy (non-hydrogen) atoms. The van der Waals surface area contributed by atoms with E-state index in [1.54, 1.807) is 13.3 Å². The monoisotopic (exact) mass is 410 g/mol. The molecule has 3 rings (SSSR count). The van der Waals surface area contributed by atoms with Crippen LogP contribution >= 0.6 is 0 Å². The van der Waals surface area contributed by atoms with E-state index in [-0.39, 0.29) is 12.2 Å². The number of methoxy groups -OCH3 is 1. The number of nitrogens with one attached hydrogen (secondary N) is 2. The number of fused-ring (bicyclic) bond motifs is 1. The third kappa shape index (κ3) is 5.89. The predicted molar refractivity (Wildman–Crippen MR) is 120 cm³/mol. The summed E-state index contributed by atoms with van der Waals surface area (Å²) in [7, 11) is 3.52. The lowest BCUT2D eigenvalue weighted by Crippen LogP contribution is -2.41. The van der Waals surface area contributed by atoms with Crippen molar-refractivity contribution in [3.8, 4) is 17.0 Å². The van der Waals surface area contributed by atoms with Crippen LogP contribution in [0.5, 0.6) is 5.75 Å². The zero-order chi connectivity index (χ0) is 21.6. The van der Waals surface area contributed by atoms with Crippen molar-refractivity contribution in [1.82, 2.24) is 15.3 Å². The molecule has 2 heterocycles. The van der Waals surface area contributed by atoms with Crippen LogP contribution in [0.3, 0.4) is 0 Å². The molecule has 1 atom stereocenters. The van der Waals surface area contributed by atoms with Crippen molar-refractivity contribution >= 4 is 16.7 Å². The predicted octanol–water partition coefficient (Wildman–Crippen LogP) is 3.09. The fraction of sp³-hybridized carbons (Fsp3) is 0.391. The first-order valence-electron chi connectivity index (χ1n) is 10.0. The van der Waals surface area contributed by atoms with Crippen molar-refractivity contribution in [1.29, 1.82) is 0 Å². The van der Waals surface area contributed by atoms with Crippen molar-refractivity contribution in [2.24, 2.45) is 0 Å². The number of aromatic nitrogens is 2. The first-order valence-corrected chi connectivity index (χ1v) is 10.0. The molecule has 7 nitrogen and oxygen atoms in total. The Hall–Kier alpha value is -2.74. The van der Waals surface area contributed by atoms with Crippen LogP contribution in [0.25, 0.3) is 22.2 Å². The highest BCUT2D eigenvalue weighted by Crippen LogP contribution is 2.24. The zero-order valence-corrected chi connectivity index (χ0v) is 18.0. The van der Waals surface area contributed by atoms with Gasteiger partial charge in [0.2, 0.25) is 0 Å². The SMILES string of the molecule is CNc1ccc(-c2ccc3cc(OCC(O)CNCC(C)(C)OC)ccc3n2)cn1. The van der Waals surface area contributed by atoms with Crippen LogP contribution in [0, 0.1) is 0 Å². The standard InChI is InChI=1S/C23H30N4O3/c1-23(2,29-4)15-25-13-18(28)14-30-19-7-9-20-16(11-19)5-8-21(27-20)17-6-10-22(24-3)26-12-17/h5-12,18,25,28H,13-15H2,1-4H3,(H,24,26). The molecule has 2 aromatic heterocycles. The molecule has 0 saturated carbocycles. The van der Waals surface area contributed by atoms with Gasteiger partial charge in [-0.2, -0.15) is 0 Å². The Labute approximate surface area is 177 Å². The van der Waals surface area contributed by atoms with Gasteiger partial charge in [-0.3, -0.25) is 0 Å². The van der Waals surface area contributed by atoms with Crippen molar-refractivity contribution < 1.29 is 14.6 Å². The molecular weight excluding hydrogens is 380 g/mol. The van der Waals surface area contributed by atoms with Gasteiger partial charge in [0.1, 0.15) is 24.3 Å². The van der Waals surface area contributed by atoms with Crippen LogP contribution < -0.4 is 15.4 Å². The summed E-state index contributed by atoms with van der Waals surface area (Å²) >= 11 is 0. The Balaban J connectivity index is 1.59. The maximum atomic E-state index is 10.1. The molecular formula is C23H30N4O3. The van der Waals surface area contributed by atoms with E-state index < -0.39 is 6.10 Å². The summed E-state index contributed by atoms with van der Waals surface area (Å²) in [5, 5.41) is 17.3. The largest absolute Gasteiger partial charge is 0.491 e. The Morgan fingerprint density at radius 2 is 1.97 bits per heavy atom. The average molecular weight is 411 g/mol. The topological polar surface area (TPSA) is 88.5 Å². The number of ether oxygens (including phenoxy) is 2. The Morgan fingerprint density at radius 1 is 1.13 bits per heavy atom. The number of aliphatic hydroxyl groups is 1. The number of anilines is 1. The smallest absolute Gasteiger partial charge is 0.125 e. The molecule has 1 aromatic carbocycles. The number of pyridine rings is 2. The van der Waals surface area contributed by atoms with Gasteiger partial charge >= 0.3 is 0 Å². The highest BCUT2D eigenvalue weighted by Gasteiger charge is 2.16. The summed E-state index contributed by atoms with van der Waals surface area (Å²) in [6.07, 6.45) is 1.20. The molecule has 1 unspecified atom stereocenters. The third-order valence-corrected chi connectivity index (χ3v) is 4.90. The number of hydrogen-bond acceptors (Lipinski definition) is 7. The van der Waals surface area contributed by atoms with E-state index in [1.165, 1.54) is 0 Å². The van der Waals surface area contributed by atoms with E-state index in [1.807, 2.05) is 63.4 Å².